The molecule has 0 N–H and O–H groups in total. The van der Waals surface area contributed by atoms with E-state index in [4.69, 9.17) is 4.74 Å². The van der Waals surface area contributed by atoms with Gasteiger partial charge in [0.25, 0.3) is 5.91 Å². The minimum Gasteiger partial charge on any atom is -0.497 e. The average Bonchev–Trinajstić information content (AvgIpc) is 3.16. The molecule has 0 atom stereocenters. The minimum absolute atomic E-state index is 0.0318. The van der Waals surface area contributed by atoms with Crippen LogP contribution >= 0.6 is 0 Å². The van der Waals surface area contributed by atoms with Crippen LogP contribution in [0.3, 0.4) is 0 Å². The Morgan fingerprint density at radius 2 is 1.61 bits per heavy atom. The lowest BCUT2D eigenvalue weighted by Gasteiger charge is -2.17. The smallest absolute Gasteiger partial charge is 0.258 e. The molecule has 1 aliphatic rings. The van der Waals surface area contributed by atoms with Crippen molar-refractivity contribution in [3.05, 3.63) is 94.5 Å². The van der Waals surface area contributed by atoms with Crippen molar-refractivity contribution >= 4 is 23.7 Å². The maximum atomic E-state index is 12.9. The molecule has 3 aromatic carbocycles. The van der Waals surface area contributed by atoms with Gasteiger partial charge in [0.05, 0.1) is 7.11 Å². The molecule has 4 rings (SSSR count). The Hall–Kier alpha value is -3.33. The van der Waals surface area contributed by atoms with Crippen molar-refractivity contribution in [3.63, 3.8) is 0 Å². The Labute approximate surface area is 165 Å². The lowest BCUT2D eigenvalue weighted by Crippen LogP contribution is -2.28. The largest absolute Gasteiger partial charge is 0.497 e. The molecule has 3 heteroatoms. The highest BCUT2D eigenvalue weighted by atomic mass is 16.5. The maximum absolute atomic E-state index is 12.9. The van der Waals surface area contributed by atoms with Gasteiger partial charge in [0, 0.05) is 17.8 Å². The molecule has 0 aromatic heterocycles. The van der Waals surface area contributed by atoms with E-state index in [2.05, 4.69) is 61.5 Å². The molecule has 0 bridgehead atoms. The van der Waals surface area contributed by atoms with Crippen LogP contribution in [0.1, 0.15) is 32.6 Å². The number of methoxy groups -OCH3 is 1. The van der Waals surface area contributed by atoms with Gasteiger partial charge in [-0.25, -0.2) is 0 Å². The van der Waals surface area contributed by atoms with Crippen LogP contribution in [0.5, 0.6) is 5.75 Å². The first-order valence-electron chi connectivity index (χ1n) is 9.47. The number of carbonyl (C=O) groups excluding carboxylic acids is 1. The van der Waals surface area contributed by atoms with E-state index in [9.17, 15) is 4.79 Å². The Bertz CT molecular complexity index is 1020. The number of carbonyl (C=O) groups is 1. The summed E-state index contributed by atoms with van der Waals surface area (Å²) >= 11 is 0. The fourth-order valence-electron chi connectivity index (χ4n) is 3.50. The summed E-state index contributed by atoms with van der Waals surface area (Å²) in [7, 11) is 1.62. The third kappa shape index (κ3) is 3.70. The van der Waals surface area contributed by atoms with Crippen molar-refractivity contribution in [2.75, 3.05) is 18.6 Å². The van der Waals surface area contributed by atoms with E-state index < -0.39 is 0 Å². The molecule has 1 heterocycles. The number of hydrogen-bond donors (Lipinski definition) is 0. The van der Waals surface area contributed by atoms with Gasteiger partial charge in [0.15, 0.2) is 0 Å². The number of ether oxygens (including phenoxy) is 1. The van der Waals surface area contributed by atoms with E-state index in [0.29, 0.717) is 12.1 Å². The van der Waals surface area contributed by atoms with Crippen LogP contribution in [0.4, 0.5) is 5.69 Å². The average molecular weight is 369 g/mol. The van der Waals surface area contributed by atoms with Gasteiger partial charge in [-0.05, 0) is 66.4 Å². The van der Waals surface area contributed by atoms with Crippen molar-refractivity contribution in [3.8, 4) is 5.75 Å². The highest BCUT2D eigenvalue weighted by Gasteiger charge is 2.25. The van der Waals surface area contributed by atoms with Crippen LogP contribution in [-0.2, 0) is 6.42 Å². The molecule has 1 amide bonds. The molecule has 0 spiro atoms. The Kier molecular flexibility index (Phi) is 4.98. The summed E-state index contributed by atoms with van der Waals surface area (Å²) in [4.78, 5) is 14.8. The molecule has 0 saturated carbocycles. The van der Waals surface area contributed by atoms with E-state index in [1.54, 1.807) is 7.11 Å². The molecular formula is C25H23NO2. The normalized spacial score (nSPS) is 13.0. The van der Waals surface area contributed by atoms with Crippen LogP contribution in [0.25, 0.3) is 12.2 Å². The monoisotopic (exact) mass is 369 g/mol. The highest BCUT2D eigenvalue weighted by Crippen LogP contribution is 2.31. The molecule has 140 valence electrons. The molecule has 0 unspecified atom stereocenters. The molecule has 0 saturated heterocycles. The number of fused-ring (bicyclic) bond motifs is 1. The van der Waals surface area contributed by atoms with Gasteiger partial charge >= 0.3 is 0 Å². The Morgan fingerprint density at radius 1 is 0.929 bits per heavy atom. The first-order chi connectivity index (χ1) is 13.6. The van der Waals surface area contributed by atoms with Gasteiger partial charge in [0.2, 0.25) is 0 Å². The second-order valence-corrected chi connectivity index (χ2v) is 7.07. The van der Waals surface area contributed by atoms with Crippen LogP contribution in [0.15, 0.2) is 66.7 Å². The van der Waals surface area contributed by atoms with Gasteiger partial charge in [-0.15, -0.1) is 0 Å². The van der Waals surface area contributed by atoms with Crippen molar-refractivity contribution < 1.29 is 9.53 Å². The van der Waals surface area contributed by atoms with Gasteiger partial charge in [0.1, 0.15) is 5.75 Å². The number of nitrogens with zero attached hydrogens (tertiary/aromatic N) is 1. The topological polar surface area (TPSA) is 29.5 Å². The second-order valence-electron chi connectivity index (χ2n) is 7.07. The molecule has 1 aliphatic heterocycles. The molecular weight excluding hydrogens is 346 g/mol. The van der Waals surface area contributed by atoms with Crippen molar-refractivity contribution in [2.45, 2.75) is 13.3 Å². The molecule has 0 fully saturated rings. The van der Waals surface area contributed by atoms with E-state index in [0.717, 1.165) is 23.4 Å². The van der Waals surface area contributed by atoms with Crippen LogP contribution in [-0.4, -0.2) is 19.6 Å². The number of rotatable bonds is 4. The first-order valence-corrected chi connectivity index (χ1v) is 9.47. The third-order valence-electron chi connectivity index (χ3n) is 5.13. The van der Waals surface area contributed by atoms with Gasteiger partial charge in [-0.3, -0.25) is 4.79 Å². The van der Waals surface area contributed by atoms with Crippen LogP contribution in [0.2, 0.25) is 0 Å². The van der Waals surface area contributed by atoms with Gasteiger partial charge in [-0.2, -0.15) is 0 Å². The minimum atomic E-state index is 0.0318. The lowest BCUT2D eigenvalue weighted by atomic mass is 10.1. The van der Waals surface area contributed by atoms with Crippen LogP contribution in [0, 0.1) is 6.92 Å². The van der Waals surface area contributed by atoms with Gasteiger partial charge in [-0.1, -0.05) is 48.0 Å². The predicted molar refractivity (Wildman–Crippen MR) is 115 cm³/mol. The first kappa shape index (κ1) is 18.1. The van der Waals surface area contributed by atoms with Crippen LogP contribution < -0.4 is 9.64 Å². The fraction of sp³-hybridized carbons (Fsp3) is 0.160. The summed E-state index contributed by atoms with van der Waals surface area (Å²) in [6.07, 6.45) is 5.12. The van der Waals surface area contributed by atoms with E-state index in [1.807, 2.05) is 29.2 Å². The molecule has 0 aliphatic carbocycles. The third-order valence-corrected chi connectivity index (χ3v) is 5.13. The summed E-state index contributed by atoms with van der Waals surface area (Å²) in [5.74, 6) is 0.785. The van der Waals surface area contributed by atoms with Gasteiger partial charge < -0.3 is 9.64 Å². The fourth-order valence-corrected chi connectivity index (χ4v) is 3.50. The number of aryl methyl sites for hydroxylation is 1. The number of anilines is 1. The number of hydrogen-bond acceptors (Lipinski definition) is 2. The zero-order valence-corrected chi connectivity index (χ0v) is 16.2. The maximum Gasteiger partial charge on any atom is 0.258 e. The van der Waals surface area contributed by atoms with E-state index >= 15 is 0 Å². The van der Waals surface area contributed by atoms with Crippen molar-refractivity contribution in [1.29, 1.82) is 0 Å². The standard InChI is InChI=1S/C25H23NO2/c1-18-3-5-19(6-4-18)7-8-20-9-14-24-22(17-20)15-16-26(24)25(27)21-10-12-23(28-2)13-11-21/h3-14,17H,15-16H2,1-2H3. The van der Waals surface area contributed by atoms with E-state index in [1.165, 1.54) is 16.7 Å². The van der Waals surface area contributed by atoms with E-state index in [-0.39, 0.29) is 5.91 Å². The van der Waals surface area contributed by atoms with Crippen molar-refractivity contribution in [2.24, 2.45) is 0 Å². The summed E-state index contributed by atoms with van der Waals surface area (Å²) < 4.78 is 5.17. The van der Waals surface area contributed by atoms with Crippen molar-refractivity contribution in [1.82, 2.24) is 0 Å². The molecule has 3 nitrogen and oxygen atoms in total. The predicted octanol–water partition coefficient (Wildman–Crippen LogP) is 5.38. The number of benzene rings is 3. The summed E-state index contributed by atoms with van der Waals surface area (Å²) in [6, 6.07) is 22.1. The molecule has 3 aromatic rings. The summed E-state index contributed by atoms with van der Waals surface area (Å²) in [5.41, 5.74) is 6.50. The summed E-state index contributed by atoms with van der Waals surface area (Å²) in [6.45, 7) is 2.80. The quantitative estimate of drug-likeness (QED) is 0.578. The lowest BCUT2D eigenvalue weighted by molar-refractivity contribution is 0.0989. The molecule has 28 heavy (non-hydrogen) atoms. The SMILES string of the molecule is COc1ccc(C(=O)N2CCc3cc(C=Cc4ccc(C)cc4)ccc32)cc1. The molecule has 0 radical (unpaired) electrons. The number of amides is 1. The zero-order chi connectivity index (χ0) is 19.5. The Balaban J connectivity index is 1.52. The second kappa shape index (κ2) is 7.73. The Morgan fingerprint density at radius 3 is 2.32 bits per heavy atom. The zero-order valence-electron chi connectivity index (χ0n) is 16.2. The highest BCUT2D eigenvalue weighted by molar-refractivity contribution is 6.07. The summed E-state index contributed by atoms with van der Waals surface area (Å²) in [5, 5.41) is 0.